The van der Waals surface area contributed by atoms with E-state index in [4.69, 9.17) is 5.73 Å². The topological polar surface area (TPSA) is 81.2 Å². The summed E-state index contributed by atoms with van der Waals surface area (Å²) in [6, 6.07) is 9.23. The maximum absolute atomic E-state index is 11.2. The van der Waals surface area contributed by atoms with E-state index in [2.05, 4.69) is 15.0 Å². The Labute approximate surface area is 104 Å². The van der Waals surface area contributed by atoms with Gasteiger partial charge in [-0.15, -0.1) is 0 Å². The predicted octanol–water partition coefficient (Wildman–Crippen LogP) is 1.36. The Hall–Kier alpha value is -2.56. The van der Waals surface area contributed by atoms with Crippen LogP contribution in [0.2, 0.25) is 0 Å². The van der Waals surface area contributed by atoms with Crippen LogP contribution in [-0.2, 0) is 0 Å². The number of ketones is 1. The van der Waals surface area contributed by atoms with Crippen molar-refractivity contribution in [1.29, 1.82) is 0 Å². The zero-order chi connectivity index (χ0) is 12.8. The largest absolute Gasteiger partial charge is 0.368 e. The molecule has 1 aliphatic rings. The van der Waals surface area contributed by atoms with Gasteiger partial charge in [-0.2, -0.15) is 0 Å². The average molecular weight is 240 g/mol. The molecule has 0 radical (unpaired) electrons. The Balaban J connectivity index is 0.000000149. The molecule has 0 aliphatic carbocycles. The van der Waals surface area contributed by atoms with Crippen LogP contribution in [0.5, 0.6) is 0 Å². The third kappa shape index (κ3) is 2.98. The lowest BCUT2D eigenvalue weighted by Gasteiger charge is -2.06. The molecule has 90 valence electrons. The van der Waals surface area contributed by atoms with Gasteiger partial charge in [0.2, 0.25) is 5.95 Å². The minimum absolute atomic E-state index is 0.114. The van der Waals surface area contributed by atoms with Crippen molar-refractivity contribution in [3.63, 3.8) is 0 Å². The number of benzene rings is 1. The van der Waals surface area contributed by atoms with Gasteiger partial charge < -0.3 is 5.73 Å². The molecule has 5 nitrogen and oxygen atoms in total. The second-order valence-corrected chi connectivity index (χ2v) is 3.59. The summed E-state index contributed by atoms with van der Waals surface area (Å²) in [5, 5.41) is 0. The summed E-state index contributed by atoms with van der Waals surface area (Å²) in [6.07, 6.45) is 4.95. The summed E-state index contributed by atoms with van der Waals surface area (Å²) >= 11 is 0. The van der Waals surface area contributed by atoms with Gasteiger partial charge in [0.15, 0.2) is 5.78 Å². The standard InChI is InChI=1S/C9H7NO.C4H5N3/c11-9-6-10-5-7-3-1-2-4-8(7)9;5-4-6-2-1-3-7-4/h1-5H,6H2;1-3H,(H2,5,6,7). The van der Waals surface area contributed by atoms with E-state index in [9.17, 15) is 4.79 Å². The molecule has 5 heteroatoms. The van der Waals surface area contributed by atoms with Crippen LogP contribution in [-0.4, -0.2) is 28.5 Å². The Morgan fingerprint density at radius 1 is 1.06 bits per heavy atom. The van der Waals surface area contributed by atoms with Crippen LogP contribution in [0.4, 0.5) is 5.95 Å². The van der Waals surface area contributed by atoms with Gasteiger partial charge in [0, 0.05) is 29.7 Å². The first-order valence-corrected chi connectivity index (χ1v) is 5.42. The lowest BCUT2D eigenvalue weighted by Crippen LogP contribution is -2.11. The summed E-state index contributed by atoms with van der Waals surface area (Å²) in [4.78, 5) is 22.4. The molecule has 1 aliphatic heterocycles. The number of hydrogen-bond acceptors (Lipinski definition) is 5. The Bertz CT molecular complexity index is 566. The van der Waals surface area contributed by atoms with E-state index in [1.165, 1.54) is 0 Å². The molecule has 0 spiro atoms. The van der Waals surface area contributed by atoms with Gasteiger partial charge >= 0.3 is 0 Å². The second kappa shape index (κ2) is 5.67. The highest BCUT2D eigenvalue weighted by atomic mass is 16.1. The molecular formula is C13H12N4O. The molecule has 2 heterocycles. The number of carbonyl (C=O) groups excluding carboxylic acids is 1. The number of nitrogen functional groups attached to an aromatic ring is 1. The van der Waals surface area contributed by atoms with Crippen LogP contribution in [0.25, 0.3) is 0 Å². The molecule has 0 saturated heterocycles. The molecule has 0 atom stereocenters. The number of carbonyl (C=O) groups is 1. The number of nitrogens with two attached hydrogens (primary N) is 1. The van der Waals surface area contributed by atoms with Crippen molar-refractivity contribution in [3.05, 3.63) is 53.9 Å². The van der Waals surface area contributed by atoms with E-state index in [0.29, 0.717) is 12.5 Å². The fraction of sp³-hybridized carbons (Fsp3) is 0.0769. The zero-order valence-corrected chi connectivity index (χ0v) is 9.65. The van der Waals surface area contributed by atoms with Gasteiger partial charge in [0.25, 0.3) is 0 Å². The molecule has 3 rings (SSSR count). The quantitative estimate of drug-likeness (QED) is 0.753. The highest BCUT2D eigenvalue weighted by Gasteiger charge is 2.11. The van der Waals surface area contributed by atoms with Crippen LogP contribution in [0, 0.1) is 0 Å². The number of nitrogens with zero attached hydrogens (tertiary/aromatic N) is 3. The number of aromatic nitrogens is 2. The normalized spacial score (nSPS) is 12.3. The second-order valence-electron chi connectivity index (χ2n) is 3.59. The highest BCUT2D eigenvalue weighted by molar-refractivity contribution is 6.07. The van der Waals surface area contributed by atoms with E-state index in [1.54, 1.807) is 24.7 Å². The number of fused-ring (bicyclic) bond motifs is 1. The molecule has 2 aromatic rings. The summed E-state index contributed by atoms with van der Waals surface area (Å²) < 4.78 is 0. The Morgan fingerprint density at radius 2 is 1.78 bits per heavy atom. The third-order valence-corrected chi connectivity index (χ3v) is 2.31. The lowest BCUT2D eigenvalue weighted by atomic mass is 10.0. The molecule has 0 unspecified atom stereocenters. The predicted molar refractivity (Wildman–Crippen MR) is 69.7 cm³/mol. The van der Waals surface area contributed by atoms with Crippen molar-refractivity contribution in [3.8, 4) is 0 Å². The van der Waals surface area contributed by atoms with E-state index in [1.807, 2.05) is 24.3 Å². The van der Waals surface area contributed by atoms with E-state index in [0.717, 1.165) is 11.1 Å². The molecule has 0 bridgehead atoms. The number of rotatable bonds is 0. The molecule has 0 amide bonds. The van der Waals surface area contributed by atoms with Gasteiger partial charge in [-0.3, -0.25) is 9.79 Å². The van der Waals surface area contributed by atoms with Crippen LogP contribution in [0.15, 0.2) is 47.7 Å². The number of aliphatic imine (C=N–C) groups is 1. The van der Waals surface area contributed by atoms with Crippen LogP contribution in [0.3, 0.4) is 0 Å². The SMILES string of the molecule is Nc1ncccn1.O=C1CN=Cc2ccccc21. The van der Waals surface area contributed by atoms with Crippen molar-refractivity contribution in [2.24, 2.45) is 4.99 Å². The Kier molecular flexibility index (Phi) is 3.76. The van der Waals surface area contributed by atoms with Gasteiger partial charge in [-0.1, -0.05) is 24.3 Å². The van der Waals surface area contributed by atoms with Gasteiger partial charge in [-0.05, 0) is 6.07 Å². The van der Waals surface area contributed by atoms with E-state index < -0.39 is 0 Å². The molecular weight excluding hydrogens is 228 g/mol. The van der Waals surface area contributed by atoms with Gasteiger partial charge in [0.05, 0.1) is 0 Å². The van der Waals surface area contributed by atoms with Crippen LogP contribution < -0.4 is 5.73 Å². The van der Waals surface area contributed by atoms with Crippen LogP contribution >= 0.6 is 0 Å². The maximum atomic E-state index is 11.2. The number of anilines is 1. The minimum atomic E-state index is 0.114. The molecule has 18 heavy (non-hydrogen) atoms. The zero-order valence-electron chi connectivity index (χ0n) is 9.65. The minimum Gasteiger partial charge on any atom is -0.368 e. The van der Waals surface area contributed by atoms with Crippen molar-refractivity contribution < 1.29 is 4.79 Å². The summed E-state index contributed by atoms with van der Waals surface area (Å²) in [7, 11) is 0. The Morgan fingerprint density at radius 3 is 2.39 bits per heavy atom. The third-order valence-electron chi connectivity index (χ3n) is 2.31. The highest BCUT2D eigenvalue weighted by Crippen LogP contribution is 2.10. The van der Waals surface area contributed by atoms with Crippen molar-refractivity contribution in [2.75, 3.05) is 12.3 Å². The molecule has 1 aromatic heterocycles. The average Bonchev–Trinajstić information content (AvgIpc) is 2.41. The lowest BCUT2D eigenvalue weighted by molar-refractivity contribution is 0.100. The first kappa shape index (κ1) is 11.9. The van der Waals surface area contributed by atoms with Crippen molar-refractivity contribution in [1.82, 2.24) is 9.97 Å². The van der Waals surface area contributed by atoms with Crippen molar-refractivity contribution >= 4 is 17.9 Å². The molecule has 1 aromatic carbocycles. The van der Waals surface area contributed by atoms with E-state index in [-0.39, 0.29) is 5.78 Å². The van der Waals surface area contributed by atoms with Crippen LogP contribution in [0.1, 0.15) is 15.9 Å². The van der Waals surface area contributed by atoms with E-state index >= 15 is 0 Å². The summed E-state index contributed by atoms with van der Waals surface area (Å²) in [6.45, 7) is 0.303. The fourth-order valence-electron chi connectivity index (χ4n) is 1.49. The van der Waals surface area contributed by atoms with Gasteiger partial charge in [-0.25, -0.2) is 9.97 Å². The number of hydrogen-bond donors (Lipinski definition) is 1. The first-order valence-electron chi connectivity index (χ1n) is 5.42. The van der Waals surface area contributed by atoms with Gasteiger partial charge in [0.1, 0.15) is 6.54 Å². The summed E-state index contributed by atoms with van der Waals surface area (Å²) in [5.41, 5.74) is 6.86. The number of Topliss-reactive ketones (excluding diaryl/α,β-unsaturated/α-hetero) is 1. The molecule has 0 saturated carbocycles. The first-order chi connectivity index (χ1) is 8.77. The molecule has 0 fully saturated rings. The summed E-state index contributed by atoms with van der Waals surface area (Å²) in [5.74, 6) is 0.436. The fourth-order valence-corrected chi connectivity index (χ4v) is 1.49. The molecule has 2 N–H and O–H groups in total. The maximum Gasteiger partial charge on any atom is 0.219 e. The van der Waals surface area contributed by atoms with Crippen molar-refractivity contribution in [2.45, 2.75) is 0 Å². The monoisotopic (exact) mass is 240 g/mol. The smallest absolute Gasteiger partial charge is 0.219 e.